The van der Waals surface area contributed by atoms with Gasteiger partial charge in [0.25, 0.3) is 0 Å². The monoisotopic (exact) mass is 199 g/mol. The lowest BCUT2D eigenvalue weighted by Crippen LogP contribution is -2.26. The van der Waals surface area contributed by atoms with Crippen molar-refractivity contribution in [1.82, 2.24) is 14.9 Å². The Balaban J connectivity index is 2.38. The van der Waals surface area contributed by atoms with E-state index in [-0.39, 0.29) is 0 Å². The Morgan fingerprint density at radius 2 is 2.46 bits per heavy atom. The second-order valence-electron chi connectivity index (χ2n) is 3.03. The van der Waals surface area contributed by atoms with Crippen LogP contribution in [0.2, 0.25) is 0 Å². The minimum Gasteiger partial charge on any atom is -0.329 e. The van der Waals surface area contributed by atoms with E-state index in [2.05, 4.69) is 17.2 Å². The van der Waals surface area contributed by atoms with E-state index in [1.165, 1.54) is 0 Å². The van der Waals surface area contributed by atoms with E-state index in [1.54, 1.807) is 11.8 Å². The molecule has 1 atom stereocenters. The summed E-state index contributed by atoms with van der Waals surface area (Å²) in [6.45, 7) is 2.19. The van der Waals surface area contributed by atoms with Gasteiger partial charge in [-0.3, -0.25) is 0 Å². The lowest BCUT2D eigenvalue weighted by Gasteiger charge is -2.12. The van der Waals surface area contributed by atoms with Gasteiger partial charge in [-0.15, -0.1) is 0 Å². The zero-order valence-corrected chi connectivity index (χ0v) is 9.27. The summed E-state index contributed by atoms with van der Waals surface area (Å²) in [6.07, 6.45) is 4.97. The Bertz CT molecular complexity index is 243. The fourth-order valence-corrected chi connectivity index (χ4v) is 2.22. The zero-order chi connectivity index (χ0) is 9.68. The molecule has 0 aromatic carbocycles. The van der Waals surface area contributed by atoms with Crippen LogP contribution in [-0.4, -0.2) is 28.4 Å². The van der Waals surface area contributed by atoms with Crippen LogP contribution >= 0.6 is 11.8 Å². The van der Waals surface area contributed by atoms with Crippen molar-refractivity contribution in [2.75, 3.05) is 12.8 Å². The summed E-state index contributed by atoms with van der Waals surface area (Å²) in [7, 11) is 4.03. The summed E-state index contributed by atoms with van der Waals surface area (Å²) in [4.78, 5) is 4.25. The number of hydrogen-bond acceptors (Lipinski definition) is 3. The van der Waals surface area contributed by atoms with Crippen LogP contribution in [0.3, 0.4) is 0 Å². The molecule has 1 aromatic heterocycles. The Morgan fingerprint density at radius 1 is 1.69 bits per heavy atom. The summed E-state index contributed by atoms with van der Waals surface area (Å²) in [5.74, 6) is 1.08. The van der Waals surface area contributed by atoms with Crippen LogP contribution in [0.4, 0.5) is 0 Å². The molecule has 1 heterocycles. The maximum absolute atomic E-state index is 4.25. The van der Waals surface area contributed by atoms with Crippen molar-refractivity contribution >= 4 is 11.8 Å². The molecule has 0 bridgehead atoms. The highest BCUT2D eigenvalue weighted by Gasteiger charge is 2.05. The Hall–Kier alpha value is -0.480. The predicted molar refractivity (Wildman–Crippen MR) is 57.1 cm³/mol. The first-order valence-electron chi connectivity index (χ1n) is 4.55. The summed E-state index contributed by atoms with van der Waals surface area (Å²) >= 11 is 1.80. The molecular weight excluding hydrogens is 182 g/mol. The van der Waals surface area contributed by atoms with E-state index < -0.39 is 0 Å². The van der Waals surface area contributed by atoms with Crippen LogP contribution in [-0.2, 0) is 7.05 Å². The van der Waals surface area contributed by atoms with E-state index in [4.69, 9.17) is 0 Å². The highest BCUT2D eigenvalue weighted by Crippen LogP contribution is 2.15. The number of thioether (sulfide) groups is 1. The largest absolute Gasteiger partial charge is 0.329 e. The minimum absolute atomic E-state index is 0.585. The van der Waals surface area contributed by atoms with Gasteiger partial charge < -0.3 is 9.88 Å². The summed E-state index contributed by atoms with van der Waals surface area (Å²) < 4.78 is 2.05. The van der Waals surface area contributed by atoms with Gasteiger partial charge >= 0.3 is 0 Å². The second-order valence-corrected chi connectivity index (χ2v) is 4.01. The molecule has 13 heavy (non-hydrogen) atoms. The molecule has 3 nitrogen and oxygen atoms in total. The topological polar surface area (TPSA) is 29.9 Å². The third-order valence-electron chi connectivity index (χ3n) is 2.09. The number of aromatic nitrogens is 2. The van der Waals surface area contributed by atoms with Crippen molar-refractivity contribution in [2.24, 2.45) is 7.05 Å². The number of hydrogen-bond donors (Lipinski definition) is 1. The Morgan fingerprint density at radius 3 is 2.92 bits per heavy atom. The van der Waals surface area contributed by atoms with Gasteiger partial charge in [0.05, 0.1) is 0 Å². The van der Waals surface area contributed by atoms with Gasteiger partial charge in [-0.05, 0) is 13.5 Å². The lowest BCUT2D eigenvalue weighted by molar-refractivity contribution is 0.600. The summed E-state index contributed by atoms with van der Waals surface area (Å²) in [5, 5.41) is 4.37. The van der Waals surface area contributed by atoms with Gasteiger partial charge in [-0.2, -0.15) is 0 Å². The highest BCUT2D eigenvalue weighted by molar-refractivity contribution is 7.99. The van der Waals surface area contributed by atoms with Gasteiger partial charge in [0, 0.05) is 31.2 Å². The molecule has 0 saturated carbocycles. The maximum atomic E-state index is 4.25. The molecule has 0 aliphatic rings. The van der Waals surface area contributed by atoms with Crippen molar-refractivity contribution in [3.63, 3.8) is 0 Å². The smallest absolute Gasteiger partial charge is 0.167 e. The maximum Gasteiger partial charge on any atom is 0.167 e. The fourth-order valence-electron chi connectivity index (χ4n) is 1.07. The van der Waals surface area contributed by atoms with E-state index in [1.807, 2.05) is 31.1 Å². The molecule has 1 N–H and O–H groups in total. The molecule has 0 aliphatic carbocycles. The van der Waals surface area contributed by atoms with Crippen LogP contribution in [0.25, 0.3) is 0 Å². The highest BCUT2D eigenvalue weighted by atomic mass is 32.2. The lowest BCUT2D eigenvalue weighted by atomic mass is 10.3. The molecule has 0 aliphatic heterocycles. The van der Waals surface area contributed by atoms with Crippen LogP contribution in [0, 0.1) is 0 Å². The number of rotatable bonds is 5. The quantitative estimate of drug-likeness (QED) is 0.729. The van der Waals surface area contributed by atoms with Crippen LogP contribution < -0.4 is 5.32 Å². The zero-order valence-electron chi connectivity index (χ0n) is 8.45. The van der Waals surface area contributed by atoms with Crippen LogP contribution in [0.1, 0.15) is 13.3 Å². The van der Waals surface area contributed by atoms with E-state index >= 15 is 0 Å². The average molecular weight is 199 g/mol. The molecule has 1 aromatic rings. The predicted octanol–water partition coefficient (Wildman–Crippen LogP) is 1.51. The molecule has 1 rings (SSSR count). The minimum atomic E-state index is 0.585. The van der Waals surface area contributed by atoms with E-state index in [0.717, 1.165) is 17.3 Å². The van der Waals surface area contributed by atoms with Crippen LogP contribution in [0.5, 0.6) is 0 Å². The summed E-state index contributed by atoms with van der Waals surface area (Å²) in [5.41, 5.74) is 0. The molecule has 4 heteroatoms. The SMILES string of the molecule is CCC(CSc1nccn1C)NC. The third kappa shape index (κ3) is 3.04. The molecular formula is C9H17N3S. The first-order valence-corrected chi connectivity index (χ1v) is 5.53. The van der Waals surface area contributed by atoms with Crippen molar-refractivity contribution in [3.05, 3.63) is 12.4 Å². The molecule has 1 unspecified atom stereocenters. The van der Waals surface area contributed by atoms with E-state index in [0.29, 0.717) is 6.04 Å². The van der Waals surface area contributed by atoms with Crippen molar-refractivity contribution < 1.29 is 0 Å². The number of imidazole rings is 1. The number of aryl methyl sites for hydroxylation is 1. The summed E-state index contributed by atoms with van der Waals surface area (Å²) in [6, 6.07) is 0.585. The van der Waals surface area contributed by atoms with Gasteiger partial charge in [0.2, 0.25) is 0 Å². The Kier molecular flexibility index (Phi) is 4.32. The molecule has 0 saturated heterocycles. The van der Waals surface area contributed by atoms with Gasteiger partial charge in [-0.25, -0.2) is 4.98 Å². The normalized spacial score (nSPS) is 13.2. The van der Waals surface area contributed by atoms with Crippen molar-refractivity contribution in [1.29, 1.82) is 0 Å². The molecule has 0 spiro atoms. The fraction of sp³-hybridized carbons (Fsp3) is 0.667. The molecule has 0 radical (unpaired) electrons. The van der Waals surface area contributed by atoms with E-state index in [9.17, 15) is 0 Å². The number of nitrogens with one attached hydrogen (secondary N) is 1. The van der Waals surface area contributed by atoms with Gasteiger partial charge in [-0.1, -0.05) is 18.7 Å². The Labute approximate surface area is 83.9 Å². The standard InChI is InChI=1S/C9H17N3S/c1-4-8(10-2)7-13-9-11-5-6-12(9)3/h5-6,8,10H,4,7H2,1-3H3. The first kappa shape index (κ1) is 10.6. The number of nitrogens with zero attached hydrogens (tertiary/aromatic N) is 2. The van der Waals surface area contributed by atoms with Crippen LogP contribution in [0.15, 0.2) is 17.6 Å². The third-order valence-corrected chi connectivity index (χ3v) is 3.31. The average Bonchev–Trinajstić information content (AvgIpc) is 2.54. The molecule has 0 fully saturated rings. The second kappa shape index (κ2) is 5.29. The molecule has 74 valence electrons. The van der Waals surface area contributed by atoms with Gasteiger partial charge in [0.15, 0.2) is 5.16 Å². The van der Waals surface area contributed by atoms with Gasteiger partial charge in [0.1, 0.15) is 0 Å². The first-order chi connectivity index (χ1) is 6.27. The van der Waals surface area contributed by atoms with Crippen molar-refractivity contribution in [2.45, 2.75) is 24.5 Å². The van der Waals surface area contributed by atoms with Crippen molar-refractivity contribution in [3.8, 4) is 0 Å². The molecule has 0 amide bonds.